The second kappa shape index (κ2) is 6.88. The molecular formula is C17H18ClN3O3. The van der Waals surface area contributed by atoms with Gasteiger partial charge in [0.25, 0.3) is 5.69 Å². The van der Waals surface area contributed by atoms with Gasteiger partial charge in [0.1, 0.15) is 0 Å². The Hall–Kier alpha value is -2.60. The van der Waals surface area contributed by atoms with Gasteiger partial charge in [0.15, 0.2) is 0 Å². The molecule has 24 heavy (non-hydrogen) atoms. The molecule has 0 aromatic heterocycles. The second-order valence-corrected chi connectivity index (χ2v) is 6.73. The fraction of sp³-hybridized carbons (Fsp3) is 0.235. The van der Waals surface area contributed by atoms with Gasteiger partial charge in [0.2, 0.25) is 0 Å². The van der Waals surface area contributed by atoms with Crippen LogP contribution in [0.15, 0.2) is 42.5 Å². The van der Waals surface area contributed by atoms with E-state index >= 15 is 0 Å². The van der Waals surface area contributed by atoms with Crippen LogP contribution in [0, 0.1) is 10.1 Å². The monoisotopic (exact) mass is 347 g/mol. The number of nitro groups is 1. The van der Waals surface area contributed by atoms with Gasteiger partial charge in [0, 0.05) is 17.8 Å². The van der Waals surface area contributed by atoms with Gasteiger partial charge in [0.05, 0.1) is 15.6 Å². The summed E-state index contributed by atoms with van der Waals surface area (Å²) in [5.74, 6) is 0. The van der Waals surface area contributed by atoms with Crippen LogP contribution >= 0.6 is 11.6 Å². The first-order valence-corrected chi connectivity index (χ1v) is 7.67. The van der Waals surface area contributed by atoms with Gasteiger partial charge in [-0.3, -0.25) is 10.1 Å². The summed E-state index contributed by atoms with van der Waals surface area (Å²) < 4.78 is 0. The average Bonchev–Trinajstić information content (AvgIpc) is 2.48. The molecule has 0 radical (unpaired) electrons. The number of benzene rings is 2. The van der Waals surface area contributed by atoms with Crippen molar-refractivity contribution in [3.8, 4) is 0 Å². The molecule has 6 nitrogen and oxygen atoms in total. The summed E-state index contributed by atoms with van der Waals surface area (Å²) in [6, 6.07) is 10.8. The van der Waals surface area contributed by atoms with Crippen molar-refractivity contribution in [1.29, 1.82) is 0 Å². The summed E-state index contributed by atoms with van der Waals surface area (Å²) in [4.78, 5) is 22.3. The molecule has 2 aromatic rings. The summed E-state index contributed by atoms with van der Waals surface area (Å²) in [7, 11) is 0. The molecule has 0 bridgehead atoms. The van der Waals surface area contributed by atoms with E-state index < -0.39 is 11.0 Å². The van der Waals surface area contributed by atoms with E-state index in [0.29, 0.717) is 5.69 Å². The molecule has 0 aliphatic heterocycles. The van der Waals surface area contributed by atoms with Crippen LogP contribution in [-0.2, 0) is 5.41 Å². The predicted octanol–water partition coefficient (Wildman–Crippen LogP) is 5.19. The number of nitro benzene ring substituents is 1. The van der Waals surface area contributed by atoms with Crippen LogP contribution in [0.2, 0.25) is 5.02 Å². The lowest BCUT2D eigenvalue weighted by Gasteiger charge is -2.19. The number of hydrogen-bond donors (Lipinski definition) is 2. The zero-order chi connectivity index (χ0) is 17.9. The number of non-ortho nitro benzene ring substituents is 1. The topological polar surface area (TPSA) is 84.3 Å². The lowest BCUT2D eigenvalue weighted by Crippen LogP contribution is -2.20. The van der Waals surface area contributed by atoms with E-state index in [2.05, 4.69) is 31.4 Å². The van der Waals surface area contributed by atoms with Crippen LogP contribution in [0.25, 0.3) is 0 Å². The number of rotatable bonds is 3. The molecule has 2 N–H and O–H groups in total. The van der Waals surface area contributed by atoms with E-state index in [-0.39, 0.29) is 21.8 Å². The lowest BCUT2D eigenvalue weighted by molar-refractivity contribution is -0.384. The first kappa shape index (κ1) is 17.7. The van der Waals surface area contributed by atoms with Crippen molar-refractivity contribution in [1.82, 2.24) is 0 Å². The normalized spacial score (nSPS) is 11.0. The van der Waals surface area contributed by atoms with Crippen LogP contribution in [0.5, 0.6) is 0 Å². The van der Waals surface area contributed by atoms with Crippen LogP contribution in [-0.4, -0.2) is 11.0 Å². The molecule has 0 spiro atoms. The second-order valence-electron chi connectivity index (χ2n) is 6.33. The molecule has 126 valence electrons. The van der Waals surface area contributed by atoms with E-state index in [0.717, 1.165) is 5.56 Å². The van der Waals surface area contributed by atoms with Crippen molar-refractivity contribution in [3.63, 3.8) is 0 Å². The van der Waals surface area contributed by atoms with E-state index in [4.69, 9.17) is 11.6 Å². The Morgan fingerprint density at radius 1 is 1.08 bits per heavy atom. The summed E-state index contributed by atoms with van der Waals surface area (Å²) in [6.07, 6.45) is 0. The molecule has 0 aliphatic carbocycles. The van der Waals surface area contributed by atoms with Crippen LogP contribution in [0.4, 0.5) is 21.9 Å². The molecule has 2 amide bonds. The molecule has 2 aromatic carbocycles. The lowest BCUT2D eigenvalue weighted by atomic mass is 9.87. The van der Waals surface area contributed by atoms with Gasteiger partial charge in [-0.2, -0.15) is 0 Å². The number of anilines is 2. The van der Waals surface area contributed by atoms with Gasteiger partial charge in [-0.1, -0.05) is 44.5 Å². The minimum absolute atomic E-state index is 0.0251. The van der Waals surface area contributed by atoms with E-state index in [1.807, 2.05) is 12.1 Å². The third kappa shape index (κ3) is 4.45. The van der Waals surface area contributed by atoms with Gasteiger partial charge >= 0.3 is 6.03 Å². The number of urea groups is 1. The van der Waals surface area contributed by atoms with Crippen molar-refractivity contribution in [2.24, 2.45) is 0 Å². The molecule has 2 rings (SSSR count). The highest BCUT2D eigenvalue weighted by Crippen LogP contribution is 2.27. The quantitative estimate of drug-likeness (QED) is 0.591. The highest BCUT2D eigenvalue weighted by molar-refractivity contribution is 6.33. The largest absolute Gasteiger partial charge is 0.323 e. The van der Waals surface area contributed by atoms with E-state index in [1.54, 1.807) is 12.1 Å². The molecule has 0 heterocycles. The highest BCUT2D eigenvalue weighted by Gasteiger charge is 2.14. The zero-order valence-corrected chi connectivity index (χ0v) is 14.3. The minimum Gasteiger partial charge on any atom is -0.308 e. The Morgan fingerprint density at radius 2 is 1.71 bits per heavy atom. The first-order chi connectivity index (χ1) is 11.2. The Balaban J connectivity index is 2.08. The number of nitrogens with one attached hydrogen (secondary N) is 2. The third-order valence-electron chi connectivity index (χ3n) is 3.42. The molecule has 0 unspecified atom stereocenters. The number of nitrogens with zero attached hydrogens (tertiary/aromatic N) is 1. The maximum Gasteiger partial charge on any atom is 0.323 e. The van der Waals surface area contributed by atoms with Crippen molar-refractivity contribution in [2.45, 2.75) is 26.2 Å². The molecule has 0 atom stereocenters. The van der Waals surface area contributed by atoms with Crippen molar-refractivity contribution >= 4 is 34.7 Å². The summed E-state index contributed by atoms with van der Waals surface area (Å²) in [5.41, 5.74) is 1.81. The summed E-state index contributed by atoms with van der Waals surface area (Å²) in [5, 5.41) is 16.2. The number of carbonyl (C=O) groups excluding carboxylic acids is 1. The SMILES string of the molecule is CC(C)(C)c1ccc(NC(=O)Nc2cc([N+](=O)[O-])ccc2Cl)cc1. The predicted molar refractivity (Wildman–Crippen MR) is 95.9 cm³/mol. The summed E-state index contributed by atoms with van der Waals surface area (Å²) >= 11 is 5.95. The molecular weight excluding hydrogens is 330 g/mol. The first-order valence-electron chi connectivity index (χ1n) is 7.29. The highest BCUT2D eigenvalue weighted by atomic mass is 35.5. The molecule has 7 heteroatoms. The van der Waals surface area contributed by atoms with Crippen molar-refractivity contribution in [3.05, 3.63) is 63.2 Å². The number of amides is 2. The Labute approximate surface area is 145 Å². The van der Waals surface area contributed by atoms with E-state index in [1.165, 1.54) is 18.2 Å². The maximum atomic E-state index is 12.0. The van der Waals surface area contributed by atoms with Gasteiger partial charge in [-0.05, 0) is 29.2 Å². The minimum atomic E-state index is -0.551. The van der Waals surface area contributed by atoms with Gasteiger partial charge < -0.3 is 10.6 Å². The fourth-order valence-corrected chi connectivity index (χ4v) is 2.23. The molecule has 0 saturated carbocycles. The maximum absolute atomic E-state index is 12.0. The van der Waals surface area contributed by atoms with Crippen LogP contribution in [0.1, 0.15) is 26.3 Å². The Bertz CT molecular complexity index is 768. The number of hydrogen-bond acceptors (Lipinski definition) is 3. The van der Waals surface area contributed by atoms with Crippen LogP contribution < -0.4 is 10.6 Å². The third-order valence-corrected chi connectivity index (χ3v) is 3.75. The van der Waals surface area contributed by atoms with Crippen LogP contribution in [0.3, 0.4) is 0 Å². The standard InChI is InChI=1S/C17H18ClN3O3/c1-17(2,3)11-4-6-12(7-5-11)19-16(22)20-15-10-13(21(23)24)8-9-14(15)18/h4-10H,1-3H3,(H2,19,20,22). The summed E-state index contributed by atoms with van der Waals surface area (Å²) in [6.45, 7) is 6.31. The Morgan fingerprint density at radius 3 is 2.25 bits per heavy atom. The Kier molecular flexibility index (Phi) is 5.09. The molecule has 0 fully saturated rings. The zero-order valence-electron chi connectivity index (χ0n) is 13.6. The van der Waals surface area contributed by atoms with Crippen molar-refractivity contribution in [2.75, 3.05) is 10.6 Å². The molecule has 0 aliphatic rings. The smallest absolute Gasteiger partial charge is 0.308 e. The number of carbonyl (C=O) groups is 1. The fourth-order valence-electron chi connectivity index (χ4n) is 2.06. The van der Waals surface area contributed by atoms with Gasteiger partial charge in [-0.25, -0.2) is 4.79 Å². The van der Waals surface area contributed by atoms with Crippen molar-refractivity contribution < 1.29 is 9.72 Å². The molecule has 0 saturated heterocycles. The van der Waals surface area contributed by atoms with E-state index in [9.17, 15) is 14.9 Å². The number of halogens is 1. The average molecular weight is 348 g/mol. The van der Waals surface area contributed by atoms with Gasteiger partial charge in [-0.15, -0.1) is 0 Å².